The second kappa shape index (κ2) is 3.98. The van der Waals surface area contributed by atoms with Gasteiger partial charge in [0.25, 0.3) is 0 Å². The predicted octanol–water partition coefficient (Wildman–Crippen LogP) is 1.59. The molecule has 0 aromatic rings. The van der Waals surface area contributed by atoms with Crippen molar-refractivity contribution in [3.05, 3.63) is 0 Å². The van der Waals surface area contributed by atoms with Gasteiger partial charge in [-0.25, -0.2) is 19.4 Å². The van der Waals surface area contributed by atoms with E-state index >= 15 is 0 Å². The maximum absolute atomic E-state index is 11.0. The molecule has 0 amide bonds. The Bertz CT molecular complexity index is 215. The first kappa shape index (κ1) is 9.49. The lowest BCUT2D eigenvalue weighted by atomic mass is 10.3. The van der Waals surface area contributed by atoms with Crippen LogP contribution >= 0.6 is 0 Å². The molecule has 0 atom stereocenters. The smallest absolute Gasteiger partial charge is 0.247 e. The van der Waals surface area contributed by atoms with Crippen LogP contribution in [0.1, 0.15) is 38.5 Å². The lowest BCUT2D eigenvalue weighted by Gasteiger charge is -2.01. The number of hydrogen-bond acceptors (Lipinski definition) is 4. The van der Waals surface area contributed by atoms with Crippen LogP contribution in [0.5, 0.6) is 0 Å². The first-order valence-electron chi connectivity index (χ1n) is 5.14. The summed E-state index contributed by atoms with van der Waals surface area (Å²) in [6.45, 7) is 0. The number of hydrogen-bond donors (Lipinski definition) is 0. The monoisotopic (exact) mass is 198 g/mol. The van der Waals surface area contributed by atoms with Gasteiger partial charge in [0.15, 0.2) is 0 Å². The highest BCUT2D eigenvalue weighted by Crippen LogP contribution is 2.33. The van der Waals surface area contributed by atoms with E-state index in [4.69, 9.17) is 0 Å². The summed E-state index contributed by atoms with van der Waals surface area (Å²) in [4.78, 5) is 30.8. The average molecular weight is 198 g/mol. The summed E-state index contributed by atoms with van der Waals surface area (Å²) in [5.41, 5.74) is 0. The van der Waals surface area contributed by atoms with Crippen LogP contribution in [0, 0.1) is 11.8 Å². The van der Waals surface area contributed by atoms with Crippen LogP contribution in [0.3, 0.4) is 0 Å². The number of carbonyl (C=O) groups excluding carboxylic acids is 2. The average Bonchev–Trinajstić information content (AvgIpc) is 2.96. The minimum Gasteiger partial charge on any atom is -0.247 e. The van der Waals surface area contributed by atoms with Gasteiger partial charge in [-0.05, 0) is 37.5 Å². The standard InChI is InChI=1S/C10H14O4/c11-9(5-7-1-2-7)13-14-10(12)6-8-3-4-8/h7-8H,1-6H2. The SMILES string of the molecule is O=C(CC1CC1)OOC(=O)CC1CC1. The molecule has 0 heterocycles. The van der Waals surface area contributed by atoms with E-state index in [1.807, 2.05) is 0 Å². The molecular weight excluding hydrogens is 184 g/mol. The molecule has 2 rings (SSSR count). The molecule has 2 fully saturated rings. The van der Waals surface area contributed by atoms with Gasteiger partial charge >= 0.3 is 11.9 Å². The Balaban J connectivity index is 1.55. The van der Waals surface area contributed by atoms with E-state index in [-0.39, 0.29) is 0 Å². The van der Waals surface area contributed by atoms with Crippen molar-refractivity contribution in [2.45, 2.75) is 38.5 Å². The largest absolute Gasteiger partial charge is 0.355 e. The van der Waals surface area contributed by atoms with Crippen LogP contribution in [-0.4, -0.2) is 11.9 Å². The fourth-order valence-electron chi connectivity index (χ4n) is 1.28. The second-order valence-electron chi connectivity index (χ2n) is 4.21. The number of rotatable bonds is 4. The summed E-state index contributed by atoms with van der Waals surface area (Å²) < 4.78 is 0. The topological polar surface area (TPSA) is 52.6 Å². The van der Waals surface area contributed by atoms with E-state index < -0.39 is 11.9 Å². The summed E-state index contributed by atoms with van der Waals surface area (Å²) in [6.07, 6.45) is 5.12. The van der Waals surface area contributed by atoms with E-state index in [1.165, 1.54) is 0 Å². The zero-order chi connectivity index (χ0) is 9.97. The summed E-state index contributed by atoms with van der Waals surface area (Å²) in [5, 5.41) is 0. The lowest BCUT2D eigenvalue weighted by Crippen LogP contribution is -2.11. The Labute approximate surface area is 82.5 Å². The maximum atomic E-state index is 11.0. The highest BCUT2D eigenvalue weighted by molar-refractivity contribution is 5.73. The molecule has 2 aliphatic carbocycles. The Hall–Kier alpha value is -1.06. The molecule has 2 aliphatic rings. The molecule has 4 heteroatoms. The van der Waals surface area contributed by atoms with E-state index in [0.717, 1.165) is 25.7 Å². The molecule has 4 nitrogen and oxygen atoms in total. The first-order valence-corrected chi connectivity index (χ1v) is 5.14. The van der Waals surface area contributed by atoms with E-state index in [0.29, 0.717) is 24.7 Å². The van der Waals surface area contributed by atoms with Gasteiger partial charge in [0.05, 0.1) is 12.8 Å². The third kappa shape index (κ3) is 3.36. The van der Waals surface area contributed by atoms with Gasteiger partial charge in [-0.1, -0.05) is 0 Å². The van der Waals surface area contributed by atoms with Crippen molar-refractivity contribution in [1.82, 2.24) is 0 Å². The van der Waals surface area contributed by atoms with Crippen molar-refractivity contribution < 1.29 is 19.4 Å². The van der Waals surface area contributed by atoms with Crippen LogP contribution in [0.15, 0.2) is 0 Å². The molecule has 0 unspecified atom stereocenters. The fraction of sp³-hybridized carbons (Fsp3) is 0.800. The van der Waals surface area contributed by atoms with E-state index in [1.54, 1.807) is 0 Å². The zero-order valence-corrected chi connectivity index (χ0v) is 8.03. The zero-order valence-electron chi connectivity index (χ0n) is 8.03. The highest BCUT2D eigenvalue weighted by atomic mass is 17.2. The Morgan fingerprint density at radius 2 is 1.21 bits per heavy atom. The highest BCUT2D eigenvalue weighted by Gasteiger charge is 2.28. The van der Waals surface area contributed by atoms with Crippen LogP contribution in [0.2, 0.25) is 0 Å². The van der Waals surface area contributed by atoms with Crippen LogP contribution < -0.4 is 0 Å². The van der Waals surface area contributed by atoms with Gasteiger partial charge in [0, 0.05) is 0 Å². The fourth-order valence-corrected chi connectivity index (χ4v) is 1.28. The van der Waals surface area contributed by atoms with Crippen molar-refractivity contribution in [3.8, 4) is 0 Å². The quantitative estimate of drug-likeness (QED) is 0.508. The normalized spacial score (nSPS) is 20.3. The predicted molar refractivity (Wildman–Crippen MR) is 46.9 cm³/mol. The summed E-state index contributed by atoms with van der Waals surface area (Å²) in [5.74, 6) is 0.0857. The number of carbonyl (C=O) groups is 2. The molecule has 0 radical (unpaired) electrons. The molecule has 0 spiro atoms. The van der Waals surface area contributed by atoms with Crippen molar-refractivity contribution in [3.63, 3.8) is 0 Å². The van der Waals surface area contributed by atoms with Crippen molar-refractivity contribution in [1.29, 1.82) is 0 Å². The van der Waals surface area contributed by atoms with E-state index in [9.17, 15) is 9.59 Å². The van der Waals surface area contributed by atoms with Crippen molar-refractivity contribution >= 4 is 11.9 Å². The molecule has 0 saturated heterocycles. The molecule has 0 aliphatic heterocycles. The van der Waals surface area contributed by atoms with Gasteiger partial charge in [-0.2, -0.15) is 0 Å². The van der Waals surface area contributed by atoms with Crippen LogP contribution in [0.4, 0.5) is 0 Å². The summed E-state index contributed by atoms with van der Waals surface area (Å²) in [6, 6.07) is 0. The Morgan fingerprint density at radius 3 is 1.50 bits per heavy atom. The van der Waals surface area contributed by atoms with Crippen LogP contribution in [-0.2, 0) is 19.4 Å². The lowest BCUT2D eigenvalue weighted by molar-refractivity contribution is -0.259. The Kier molecular flexibility index (Phi) is 2.70. The van der Waals surface area contributed by atoms with Crippen molar-refractivity contribution in [2.24, 2.45) is 11.8 Å². The summed E-state index contributed by atoms with van der Waals surface area (Å²) >= 11 is 0. The molecule has 0 bridgehead atoms. The van der Waals surface area contributed by atoms with E-state index in [2.05, 4.69) is 9.78 Å². The van der Waals surface area contributed by atoms with Crippen LogP contribution in [0.25, 0.3) is 0 Å². The summed E-state index contributed by atoms with van der Waals surface area (Å²) in [7, 11) is 0. The second-order valence-corrected chi connectivity index (χ2v) is 4.21. The van der Waals surface area contributed by atoms with Crippen molar-refractivity contribution in [2.75, 3.05) is 0 Å². The first-order chi connectivity index (χ1) is 6.74. The minimum atomic E-state index is -0.420. The maximum Gasteiger partial charge on any atom is 0.355 e. The molecule has 0 aromatic carbocycles. The molecular formula is C10H14O4. The van der Waals surface area contributed by atoms with Gasteiger partial charge in [-0.15, -0.1) is 0 Å². The van der Waals surface area contributed by atoms with Gasteiger partial charge < -0.3 is 0 Å². The van der Waals surface area contributed by atoms with Gasteiger partial charge in [0.1, 0.15) is 0 Å². The van der Waals surface area contributed by atoms with Gasteiger partial charge in [-0.3, -0.25) is 0 Å². The third-order valence-corrected chi connectivity index (χ3v) is 2.53. The van der Waals surface area contributed by atoms with Gasteiger partial charge in [0.2, 0.25) is 0 Å². The molecule has 0 N–H and O–H groups in total. The third-order valence-electron chi connectivity index (χ3n) is 2.53. The minimum absolute atomic E-state index is 0.386. The molecule has 14 heavy (non-hydrogen) atoms. The molecule has 2 saturated carbocycles. The Morgan fingerprint density at radius 1 is 0.857 bits per heavy atom. The molecule has 78 valence electrons. The molecule has 0 aromatic heterocycles.